The van der Waals surface area contributed by atoms with E-state index in [0.717, 1.165) is 17.5 Å². The molecule has 0 N–H and O–H groups in total. The van der Waals surface area contributed by atoms with E-state index >= 15 is 0 Å². The molecule has 0 bridgehead atoms. The van der Waals surface area contributed by atoms with Gasteiger partial charge in [0.2, 0.25) is 5.71 Å². The molecule has 0 fully saturated rings. The number of hydrogen-bond donors (Lipinski definition) is 0. The van der Waals surface area contributed by atoms with E-state index in [4.69, 9.17) is 16.9 Å². The molecule has 2 heterocycles. The largest absolute Gasteiger partial charge is 0.328 e. The van der Waals surface area contributed by atoms with Crippen LogP contribution < -0.4 is 5.49 Å². The summed E-state index contributed by atoms with van der Waals surface area (Å²) >= 11 is 6.81. The number of pyridine rings is 2. The Kier molecular flexibility index (Phi) is 6.09. The van der Waals surface area contributed by atoms with E-state index in [9.17, 15) is 4.79 Å². The van der Waals surface area contributed by atoms with Gasteiger partial charge in [-0.1, -0.05) is 23.7 Å². The zero-order valence-corrected chi connectivity index (χ0v) is 13.8. The van der Waals surface area contributed by atoms with Crippen LogP contribution in [-0.2, 0) is 11.3 Å². The van der Waals surface area contributed by atoms with Crippen LogP contribution in [0, 0.1) is 11.3 Å². The Hall–Kier alpha value is -2.43. The summed E-state index contributed by atoms with van der Waals surface area (Å²) in [5, 5.41) is 9.35. The van der Waals surface area contributed by atoms with Gasteiger partial charge in [-0.25, -0.2) is 4.98 Å². The van der Waals surface area contributed by atoms with Crippen LogP contribution in [0.5, 0.6) is 0 Å². The lowest BCUT2D eigenvalue weighted by molar-refractivity contribution is -0.112. The second kappa shape index (κ2) is 8.27. The molecule has 0 saturated carbocycles. The molecule has 8 heteroatoms. The standard InChI is InChI=1S/C15H12ClN5OS/c1-23-20-12(8-17)15(22)19-14-4-2-3-7-21(14)10-11-5-6-13(16)18-9-11/h2-7,9H,10H2,1H3/b19-14+,20-12+. The molecule has 23 heavy (non-hydrogen) atoms. The van der Waals surface area contributed by atoms with Gasteiger partial charge in [-0.3, -0.25) is 4.79 Å². The number of carbonyl (C=O) groups is 1. The van der Waals surface area contributed by atoms with E-state index in [1.54, 1.807) is 47.5 Å². The van der Waals surface area contributed by atoms with Crippen molar-refractivity contribution in [2.75, 3.05) is 6.26 Å². The normalized spacial score (nSPS) is 12.0. The Bertz CT molecular complexity index is 836. The lowest BCUT2D eigenvalue weighted by atomic mass is 10.3. The average Bonchev–Trinajstić information content (AvgIpc) is 2.56. The molecule has 0 aliphatic rings. The SMILES string of the molecule is CS/N=C(\C#N)C(=O)/N=c1\ccccn1Cc1ccc(Cl)nc1. The van der Waals surface area contributed by atoms with E-state index in [1.165, 1.54) is 0 Å². The minimum Gasteiger partial charge on any atom is -0.328 e. The summed E-state index contributed by atoms with van der Waals surface area (Å²) in [6.45, 7) is 0.471. The van der Waals surface area contributed by atoms with Gasteiger partial charge in [-0.2, -0.15) is 14.7 Å². The predicted octanol–water partition coefficient (Wildman–Crippen LogP) is 2.25. The molecule has 0 atom stereocenters. The summed E-state index contributed by atoms with van der Waals surface area (Å²) < 4.78 is 5.53. The first kappa shape index (κ1) is 16.9. The van der Waals surface area contributed by atoms with Crippen LogP contribution in [0.1, 0.15) is 5.56 Å². The molecule has 1 amide bonds. The fraction of sp³-hybridized carbons (Fsp3) is 0.133. The Morgan fingerprint density at radius 2 is 2.26 bits per heavy atom. The van der Waals surface area contributed by atoms with Gasteiger partial charge in [-0.15, -0.1) is 0 Å². The first-order valence-electron chi connectivity index (χ1n) is 6.50. The number of hydrogen-bond acceptors (Lipinski definition) is 5. The number of halogens is 1. The van der Waals surface area contributed by atoms with Gasteiger partial charge in [0.15, 0.2) is 0 Å². The molecule has 0 radical (unpaired) electrons. The van der Waals surface area contributed by atoms with Gasteiger partial charge in [0.05, 0.1) is 6.54 Å². The van der Waals surface area contributed by atoms with E-state index in [0.29, 0.717) is 17.2 Å². The lowest BCUT2D eigenvalue weighted by Crippen LogP contribution is -2.24. The molecule has 0 unspecified atom stereocenters. The van der Waals surface area contributed by atoms with Crippen LogP contribution in [0.25, 0.3) is 0 Å². The van der Waals surface area contributed by atoms with Crippen molar-refractivity contribution in [2.45, 2.75) is 6.54 Å². The van der Waals surface area contributed by atoms with E-state index in [-0.39, 0.29) is 5.71 Å². The van der Waals surface area contributed by atoms with Crippen molar-refractivity contribution >= 4 is 35.2 Å². The van der Waals surface area contributed by atoms with Crippen LogP contribution >= 0.6 is 23.5 Å². The lowest BCUT2D eigenvalue weighted by Gasteiger charge is -2.07. The monoisotopic (exact) mass is 345 g/mol. The van der Waals surface area contributed by atoms with Gasteiger partial charge in [0.25, 0.3) is 0 Å². The van der Waals surface area contributed by atoms with E-state index < -0.39 is 5.91 Å². The number of amides is 1. The first-order chi connectivity index (χ1) is 11.1. The fourth-order valence-electron chi connectivity index (χ4n) is 1.75. The van der Waals surface area contributed by atoms with Gasteiger partial charge in [0, 0.05) is 18.6 Å². The molecule has 2 rings (SSSR count). The molecule has 0 saturated heterocycles. The Balaban J connectivity index is 2.35. The summed E-state index contributed by atoms with van der Waals surface area (Å²) in [4.78, 5) is 20.0. The van der Waals surface area contributed by atoms with Gasteiger partial charge in [0.1, 0.15) is 16.7 Å². The third-order valence-electron chi connectivity index (χ3n) is 2.77. The topological polar surface area (TPSA) is 83.4 Å². The first-order valence-corrected chi connectivity index (χ1v) is 8.06. The number of nitrogens with zero attached hydrogens (tertiary/aromatic N) is 5. The second-order valence-corrected chi connectivity index (χ2v) is 5.26. The Morgan fingerprint density at radius 3 is 2.91 bits per heavy atom. The van der Waals surface area contributed by atoms with Crippen LogP contribution in [-0.4, -0.2) is 27.4 Å². The summed E-state index contributed by atoms with van der Waals surface area (Å²) in [7, 11) is 0. The Labute approximate surface area is 142 Å². The maximum atomic E-state index is 12.0. The summed E-state index contributed by atoms with van der Waals surface area (Å²) in [6, 6.07) is 10.6. The molecular weight excluding hydrogens is 334 g/mol. The quantitative estimate of drug-likeness (QED) is 0.483. The third kappa shape index (κ3) is 4.77. The molecule has 0 spiro atoms. The van der Waals surface area contributed by atoms with Crippen LogP contribution in [0.2, 0.25) is 5.15 Å². The molecule has 0 aliphatic carbocycles. The highest BCUT2D eigenvalue weighted by atomic mass is 35.5. The molecule has 2 aromatic rings. The number of carbonyl (C=O) groups excluding carboxylic acids is 1. The smallest absolute Gasteiger partial charge is 0.309 e. The van der Waals surface area contributed by atoms with Gasteiger partial charge >= 0.3 is 5.91 Å². The predicted molar refractivity (Wildman–Crippen MR) is 89.9 cm³/mol. The van der Waals surface area contributed by atoms with Crippen molar-refractivity contribution < 1.29 is 4.79 Å². The maximum absolute atomic E-state index is 12.0. The number of nitriles is 1. The van der Waals surface area contributed by atoms with Crippen molar-refractivity contribution in [3.8, 4) is 6.07 Å². The average molecular weight is 346 g/mol. The fourth-order valence-corrected chi connectivity index (χ4v) is 2.17. The van der Waals surface area contributed by atoms with E-state index in [1.807, 2.05) is 12.1 Å². The zero-order chi connectivity index (χ0) is 16.7. The summed E-state index contributed by atoms with van der Waals surface area (Å²) in [5.74, 6) is -0.670. The number of aromatic nitrogens is 2. The highest BCUT2D eigenvalue weighted by Gasteiger charge is 2.09. The van der Waals surface area contributed by atoms with Crippen LogP contribution in [0.15, 0.2) is 52.1 Å². The molecule has 116 valence electrons. The molecule has 6 nitrogen and oxygen atoms in total. The van der Waals surface area contributed by atoms with Crippen LogP contribution in [0.3, 0.4) is 0 Å². The minimum atomic E-state index is -0.670. The maximum Gasteiger partial charge on any atom is 0.309 e. The summed E-state index contributed by atoms with van der Waals surface area (Å²) in [5.41, 5.74) is 1.10. The van der Waals surface area contributed by atoms with Crippen molar-refractivity contribution in [1.29, 1.82) is 5.26 Å². The molecule has 0 aliphatic heterocycles. The van der Waals surface area contributed by atoms with E-state index in [2.05, 4.69) is 14.4 Å². The molecule has 2 aromatic heterocycles. The van der Waals surface area contributed by atoms with Gasteiger partial charge < -0.3 is 4.57 Å². The van der Waals surface area contributed by atoms with Crippen molar-refractivity contribution in [1.82, 2.24) is 9.55 Å². The van der Waals surface area contributed by atoms with Crippen molar-refractivity contribution in [2.24, 2.45) is 9.39 Å². The zero-order valence-electron chi connectivity index (χ0n) is 12.2. The number of rotatable bonds is 4. The van der Waals surface area contributed by atoms with Crippen molar-refractivity contribution in [3.63, 3.8) is 0 Å². The highest BCUT2D eigenvalue weighted by Crippen LogP contribution is 2.06. The minimum absolute atomic E-state index is 0.235. The molecular formula is C15H12ClN5OS. The van der Waals surface area contributed by atoms with Gasteiger partial charge in [-0.05, 0) is 35.7 Å². The third-order valence-corrected chi connectivity index (χ3v) is 3.35. The highest BCUT2D eigenvalue weighted by molar-refractivity contribution is 7.97. The Morgan fingerprint density at radius 1 is 1.43 bits per heavy atom. The van der Waals surface area contributed by atoms with Crippen LogP contribution in [0.4, 0.5) is 0 Å². The summed E-state index contributed by atoms with van der Waals surface area (Å²) in [6.07, 6.45) is 5.11. The second-order valence-electron chi connectivity index (χ2n) is 4.33. The van der Waals surface area contributed by atoms with Crippen molar-refractivity contribution in [3.05, 3.63) is 58.9 Å². The molecule has 0 aromatic carbocycles.